The first-order valence-electron chi connectivity index (χ1n) is 6.11. The Morgan fingerprint density at radius 1 is 1.50 bits per heavy atom. The van der Waals surface area contributed by atoms with Gasteiger partial charge in [-0.25, -0.2) is 9.37 Å². The summed E-state index contributed by atoms with van der Waals surface area (Å²) in [6.45, 7) is 2.94. The number of piperidine rings is 1. The fraction of sp³-hybridized carbons (Fsp3) is 0.462. The lowest BCUT2D eigenvalue weighted by atomic mass is 10.1. The molecule has 1 unspecified atom stereocenters. The van der Waals surface area contributed by atoms with Crippen LogP contribution in [0.25, 0.3) is 11.1 Å². The molecule has 1 aromatic carbocycles. The topological polar surface area (TPSA) is 47.3 Å². The van der Waals surface area contributed by atoms with Crippen molar-refractivity contribution in [1.82, 2.24) is 10.3 Å². The molecule has 2 aromatic rings. The molecule has 0 radical (unpaired) electrons. The van der Waals surface area contributed by atoms with Gasteiger partial charge in [0.2, 0.25) is 0 Å². The van der Waals surface area contributed by atoms with E-state index in [0.717, 1.165) is 12.1 Å². The van der Waals surface area contributed by atoms with Crippen LogP contribution in [0.2, 0.25) is 0 Å². The van der Waals surface area contributed by atoms with Gasteiger partial charge in [-0.05, 0) is 25.1 Å². The molecule has 5 heteroatoms. The minimum atomic E-state index is -0.967. The number of halogens is 1. The summed E-state index contributed by atoms with van der Waals surface area (Å²) in [4.78, 5) is 4.21. The van der Waals surface area contributed by atoms with Crippen molar-refractivity contribution in [3.05, 3.63) is 24.1 Å². The number of aromatic nitrogens is 1. The number of benzene rings is 1. The zero-order valence-corrected chi connectivity index (χ0v) is 10.1. The number of nitrogens with zero attached hydrogens (tertiary/aromatic N) is 1. The van der Waals surface area contributed by atoms with Crippen LogP contribution in [0, 0.1) is 6.92 Å². The van der Waals surface area contributed by atoms with Crippen LogP contribution < -0.4 is 10.1 Å². The van der Waals surface area contributed by atoms with Gasteiger partial charge >= 0.3 is 0 Å². The molecular formula is C13H15FN2O2. The number of alkyl halides is 1. The molecule has 1 N–H and O–H groups in total. The largest absolute Gasteiger partial charge is 0.487 e. The zero-order valence-electron chi connectivity index (χ0n) is 10.1. The lowest BCUT2D eigenvalue weighted by Crippen LogP contribution is -2.44. The highest BCUT2D eigenvalue weighted by Crippen LogP contribution is 2.24. The number of hydrogen-bond donors (Lipinski definition) is 1. The molecule has 0 amide bonds. The molecule has 3 rings (SSSR count). The lowest BCUT2D eigenvalue weighted by molar-refractivity contribution is 0.0732. The summed E-state index contributed by atoms with van der Waals surface area (Å²) in [5, 5.41) is 3.00. The third kappa shape index (κ3) is 2.18. The van der Waals surface area contributed by atoms with Crippen molar-refractivity contribution >= 4 is 11.1 Å². The van der Waals surface area contributed by atoms with E-state index in [-0.39, 0.29) is 6.10 Å². The average molecular weight is 250 g/mol. The van der Waals surface area contributed by atoms with E-state index in [1.54, 1.807) is 19.1 Å². The molecule has 2 heterocycles. The molecule has 18 heavy (non-hydrogen) atoms. The predicted octanol–water partition coefficient (Wildman–Crippen LogP) is 2.22. The van der Waals surface area contributed by atoms with E-state index in [9.17, 15) is 4.39 Å². The maximum atomic E-state index is 13.6. The molecule has 0 spiro atoms. The third-order valence-corrected chi connectivity index (χ3v) is 3.10. The van der Waals surface area contributed by atoms with Crippen molar-refractivity contribution in [2.24, 2.45) is 0 Å². The molecule has 0 bridgehead atoms. The highest BCUT2D eigenvalue weighted by Gasteiger charge is 2.26. The van der Waals surface area contributed by atoms with Crippen LogP contribution in [-0.4, -0.2) is 30.3 Å². The van der Waals surface area contributed by atoms with Crippen molar-refractivity contribution in [2.45, 2.75) is 25.6 Å². The van der Waals surface area contributed by atoms with Crippen molar-refractivity contribution < 1.29 is 13.5 Å². The quantitative estimate of drug-likeness (QED) is 0.887. The van der Waals surface area contributed by atoms with Crippen LogP contribution in [0.3, 0.4) is 0 Å². The standard InChI is InChI=1S/C13H15FN2O2/c1-8-16-11-3-2-9(6-13(11)17-8)18-12-4-5-15-7-10(12)14/h2-3,6,10,12,15H,4-5,7H2,1H3/t10-,12?/m0/s1. The summed E-state index contributed by atoms with van der Waals surface area (Å²) in [6, 6.07) is 5.40. The summed E-state index contributed by atoms with van der Waals surface area (Å²) in [7, 11) is 0. The summed E-state index contributed by atoms with van der Waals surface area (Å²) in [6.07, 6.45) is -0.673. The molecular weight excluding hydrogens is 235 g/mol. The Kier molecular flexibility index (Phi) is 2.91. The molecule has 1 saturated heterocycles. The Morgan fingerprint density at radius 2 is 2.39 bits per heavy atom. The second-order valence-electron chi connectivity index (χ2n) is 4.53. The van der Waals surface area contributed by atoms with E-state index in [4.69, 9.17) is 9.15 Å². The summed E-state index contributed by atoms with van der Waals surface area (Å²) >= 11 is 0. The van der Waals surface area contributed by atoms with Crippen LogP contribution in [0.4, 0.5) is 4.39 Å². The van der Waals surface area contributed by atoms with E-state index in [0.29, 0.717) is 30.2 Å². The number of ether oxygens (including phenoxy) is 1. The van der Waals surface area contributed by atoms with Crippen molar-refractivity contribution in [3.63, 3.8) is 0 Å². The van der Waals surface area contributed by atoms with E-state index in [2.05, 4.69) is 10.3 Å². The maximum absolute atomic E-state index is 13.6. The number of rotatable bonds is 2. The molecule has 96 valence electrons. The monoisotopic (exact) mass is 250 g/mol. The molecule has 1 aliphatic rings. The average Bonchev–Trinajstić information content (AvgIpc) is 2.71. The molecule has 1 aromatic heterocycles. The number of oxazole rings is 1. The summed E-state index contributed by atoms with van der Waals surface area (Å²) in [5.41, 5.74) is 1.47. The van der Waals surface area contributed by atoms with E-state index < -0.39 is 6.17 Å². The van der Waals surface area contributed by atoms with Gasteiger partial charge in [-0.15, -0.1) is 0 Å². The van der Waals surface area contributed by atoms with Crippen LogP contribution in [0.1, 0.15) is 12.3 Å². The van der Waals surface area contributed by atoms with Crippen LogP contribution >= 0.6 is 0 Å². The number of aryl methyl sites for hydroxylation is 1. The van der Waals surface area contributed by atoms with Gasteiger partial charge in [0.15, 0.2) is 11.5 Å². The Bertz CT molecular complexity index is 555. The number of fused-ring (bicyclic) bond motifs is 1. The van der Waals surface area contributed by atoms with Crippen molar-refractivity contribution in [2.75, 3.05) is 13.1 Å². The summed E-state index contributed by atoms with van der Waals surface area (Å²) in [5.74, 6) is 1.25. The SMILES string of the molecule is Cc1nc2ccc(OC3CCNC[C@@H]3F)cc2o1. The van der Waals surface area contributed by atoms with Crippen molar-refractivity contribution in [3.8, 4) is 5.75 Å². The second-order valence-corrected chi connectivity index (χ2v) is 4.53. The van der Waals surface area contributed by atoms with Crippen molar-refractivity contribution in [1.29, 1.82) is 0 Å². The first-order valence-corrected chi connectivity index (χ1v) is 6.11. The smallest absolute Gasteiger partial charge is 0.192 e. The molecule has 0 saturated carbocycles. The van der Waals surface area contributed by atoms with E-state index in [1.165, 1.54) is 0 Å². The molecule has 1 fully saturated rings. The van der Waals surface area contributed by atoms with E-state index in [1.807, 2.05) is 6.07 Å². The Hall–Kier alpha value is -1.62. The third-order valence-electron chi connectivity index (χ3n) is 3.10. The predicted molar refractivity (Wildman–Crippen MR) is 65.5 cm³/mol. The maximum Gasteiger partial charge on any atom is 0.192 e. The Morgan fingerprint density at radius 3 is 3.22 bits per heavy atom. The van der Waals surface area contributed by atoms with Gasteiger partial charge in [0.25, 0.3) is 0 Å². The first-order chi connectivity index (χ1) is 8.72. The van der Waals surface area contributed by atoms with Gasteiger partial charge in [0.05, 0.1) is 0 Å². The lowest BCUT2D eigenvalue weighted by Gasteiger charge is -2.27. The molecule has 0 aliphatic carbocycles. The highest BCUT2D eigenvalue weighted by molar-refractivity contribution is 5.74. The van der Waals surface area contributed by atoms with Gasteiger partial charge in [0, 0.05) is 19.5 Å². The minimum absolute atomic E-state index is 0.355. The fourth-order valence-electron chi connectivity index (χ4n) is 2.20. The molecule has 1 aliphatic heterocycles. The van der Waals surface area contributed by atoms with Gasteiger partial charge in [-0.3, -0.25) is 0 Å². The van der Waals surface area contributed by atoms with Gasteiger partial charge in [0.1, 0.15) is 23.5 Å². The second kappa shape index (κ2) is 4.57. The van der Waals surface area contributed by atoms with Crippen LogP contribution in [0.15, 0.2) is 22.6 Å². The molecule has 4 nitrogen and oxygen atoms in total. The van der Waals surface area contributed by atoms with Crippen LogP contribution in [0.5, 0.6) is 5.75 Å². The zero-order chi connectivity index (χ0) is 12.5. The van der Waals surface area contributed by atoms with E-state index >= 15 is 0 Å². The Labute approximate surface area is 104 Å². The summed E-state index contributed by atoms with van der Waals surface area (Å²) < 4.78 is 24.7. The highest BCUT2D eigenvalue weighted by atomic mass is 19.1. The fourth-order valence-corrected chi connectivity index (χ4v) is 2.20. The van der Waals surface area contributed by atoms with Gasteiger partial charge in [-0.1, -0.05) is 0 Å². The number of hydrogen-bond acceptors (Lipinski definition) is 4. The number of nitrogens with one attached hydrogen (secondary N) is 1. The van der Waals surface area contributed by atoms with Crippen LogP contribution in [-0.2, 0) is 0 Å². The van der Waals surface area contributed by atoms with Gasteiger partial charge < -0.3 is 14.5 Å². The Balaban J connectivity index is 1.81. The molecule has 2 atom stereocenters. The van der Waals surface area contributed by atoms with Gasteiger partial charge in [-0.2, -0.15) is 0 Å². The normalized spacial score (nSPS) is 24.3. The minimum Gasteiger partial charge on any atom is -0.487 e. The first kappa shape index (κ1) is 11.5.